The normalized spacial score (nSPS) is 13.5. The Hall–Kier alpha value is -3.93. The number of furan rings is 1. The molecule has 33 heavy (non-hydrogen) atoms. The predicted molar refractivity (Wildman–Crippen MR) is 126 cm³/mol. The fourth-order valence-electron chi connectivity index (χ4n) is 4.37. The number of amides is 2. The number of hydrogen-bond acceptors (Lipinski definition) is 3. The first-order valence-corrected chi connectivity index (χ1v) is 11.0. The Morgan fingerprint density at radius 2 is 1.61 bits per heavy atom. The van der Waals surface area contributed by atoms with Crippen molar-refractivity contribution in [2.24, 2.45) is 0 Å². The van der Waals surface area contributed by atoms with Crippen molar-refractivity contribution in [3.8, 4) is 22.5 Å². The highest BCUT2D eigenvalue weighted by molar-refractivity contribution is 6.11. The third-order valence-electron chi connectivity index (χ3n) is 6.08. The molecule has 0 unspecified atom stereocenters. The maximum atomic E-state index is 13.4. The van der Waals surface area contributed by atoms with Crippen molar-refractivity contribution in [3.63, 3.8) is 0 Å². The van der Waals surface area contributed by atoms with Gasteiger partial charge in [0.25, 0.3) is 11.8 Å². The summed E-state index contributed by atoms with van der Waals surface area (Å²) < 4.78 is 19.4. The first-order chi connectivity index (χ1) is 16.0. The molecule has 2 amide bonds. The van der Waals surface area contributed by atoms with E-state index < -0.39 is 0 Å². The molecule has 166 valence electrons. The van der Waals surface area contributed by atoms with Gasteiger partial charge in [0, 0.05) is 36.7 Å². The number of fused-ring (bicyclic) bond motifs is 1. The molecule has 4 aromatic rings. The molecule has 1 saturated heterocycles. The van der Waals surface area contributed by atoms with Crippen LogP contribution in [0.2, 0.25) is 0 Å². The Kier molecular flexibility index (Phi) is 5.42. The number of benzene rings is 3. The lowest BCUT2D eigenvalue weighted by Gasteiger charge is -2.15. The van der Waals surface area contributed by atoms with Crippen LogP contribution in [0.5, 0.6) is 0 Å². The van der Waals surface area contributed by atoms with E-state index in [0.717, 1.165) is 37.1 Å². The number of nitrogens with one attached hydrogen (secondary N) is 1. The average Bonchev–Trinajstić information content (AvgIpc) is 3.51. The maximum Gasteiger partial charge on any atom is 0.255 e. The minimum absolute atomic E-state index is 0.0448. The highest BCUT2D eigenvalue weighted by Crippen LogP contribution is 2.36. The predicted octanol–water partition coefficient (Wildman–Crippen LogP) is 5.50. The lowest BCUT2D eigenvalue weighted by Crippen LogP contribution is -2.27. The van der Waals surface area contributed by atoms with Gasteiger partial charge >= 0.3 is 0 Å². The summed E-state index contributed by atoms with van der Waals surface area (Å²) in [4.78, 5) is 27.5. The van der Waals surface area contributed by atoms with Crippen molar-refractivity contribution in [1.82, 2.24) is 10.2 Å². The summed E-state index contributed by atoms with van der Waals surface area (Å²) in [7, 11) is 1.56. The minimum atomic E-state index is -0.359. The van der Waals surface area contributed by atoms with Crippen LogP contribution in [0, 0.1) is 5.82 Å². The van der Waals surface area contributed by atoms with Gasteiger partial charge in [0.05, 0.1) is 5.56 Å². The highest BCUT2D eigenvalue weighted by Gasteiger charge is 2.23. The van der Waals surface area contributed by atoms with E-state index in [4.69, 9.17) is 4.42 Å². The van der Waals surface area contributed by atoms with E-state index >= 15 is 0 Å². The number of nitrogens with zero attached hydrogens (tertiary/aromatic N) is 1. The zero-order valence-electron chi connectivity index (χ0n) is 18.2. The van der Waals surface area contributed by atoms with Crippen molar-refractivity contribution < 1.29 is 18.4 Å². The lowest BCUT2D eigenvalue weighted by molar-refractivity contribution is 0.0792. The molecule has 0 radical (unpaired) electrons. The fourth-order valence-corrected chi connectivity index (χ4v) is 4.37. The van der Waals surface area contributed by atoms with Crippen LogP contribution in [0.4, 0.5) is 4.39 Å². The van der Waals surface area contributed by atoms with E-state index in [0.29, 0.717) is 33.4 Å². The first kappa shape index (κ1) is 20.9. The monoisotopic (exact) mass is 442 g/mol. The molecular weight excluding hydrogens is 419 g/mol. The lowest BCUT2D eigenvalue weighted by atomic mass is 9.99. The topological polar surface area (TPSA) is 62.6 Å². The Bertz CT molecular complexity index is 1350. The van der Waals surface area contributed by atoms with Gasteiger partial charge in [-0.2, -0.15) is 0 Å². The van der Waals surface area contributed by atoms with Crippen LogP contribution >= 0.6 is 0 Å². The van der Waals surface area contributed by atoms with Gasteiger partial charge in [-0.15, -0.1) is 0 Å². The molecule has 1 aliphatic heterocycles. The molecule has 5 rings (SSSR count). The Morgan fingerprint density at radius 1 is 0.909 bits per heavy atom. The van der Waals surface area contributed by atoms with E-state index in [1.165, 1.54) is 12.1 Å². The summed E-state index contributed by atoms with van der Waals surface area (Å²) in [5.74, 6) is -0.215. The molecular formula is C27H23FN2O3. The van der Waals surface area contributed by atoms with Crippen LogP contribution in [0.15, 0.2) is 71.1 Å². The number of halogens is 1. The first-order valence-electron chi connectivity index (χ1n) is 11.0. The third kappa shape index (κ3) is 3.89. The summed E-state index contributed by atoms with van der Waals surface area (Å²) in [5.41, 5.74) is 3.97. The molecule has 0 spiro atoms. The van der Waals surface area contributed by atoms with Gasteiger partial charge in [-0.25, -0.2) is 4.39 Å². The van der Waals surface area contributed by atoms with Crippen LogP contribution in [-0.4, -0.2) is 36.9 Å². The van der Waals surface area contributed by atoms with Gasteiger partial charge in [-0.1, -0.05) is 18.2 Å². The SMILES string of the molecule is CNC(=O)c1c(-c2ccc(F)cc2)oc2ccc(-c3cccc(C(=O)N4CCCC4)c3)cc12. The largest absolute Gasteiger partial charge is 0.455 e. The number of carbonyl (C=O) groups is 2. The second kappa shape index (κ2) is 8.54. The third-order valence-corrected chi connectivity index (χ3v) is 6.08. The van der Waals surface area contributed by atoms with Crippen LogP contribution in [0.3, 0.4) is 0 Å². The van der Waals surface area contributed by atoms with Gasteiger partial charge in [-0.3, -0.25) is 9.59 Å². The van der Waals surface area contributed by atoms with Crippen molar-refractivity contribution in [1.29, 1.82) is 0 Å². The van der Waals surface area contributed by atoms with Crippen LogP contribution in [0.25, 0.3) is 33.4 Å². The molecule has 0 bridgehead atoms. The number of likely N-dealkylation sites (tertiary alicyclic amines) is 1. The molecule has 0 atom stereocenters. The minimum Gasteiger partial charge on any atom is -0.455 e. The molecule has 1 aromatic heterocycles. The second-order valence-corrected chi connectivity index (χ2v) is 8.18. The summed E-state index contributed by atoms with van der Waals surface area (Å²) >= 11 is 0. The van der Waals surface area contributed by atoms with E-state index in [-0.39, 0.29) is 17.6 Å². The molecule has 1 aliphatic rings. The van der Waals surface area contributed by atoms with E-state index in [9.17, 15) is 14.0 Å². The molecule has 0 saturated carbocycles. The summed E-state index contributed by atoms with van der Waals surface area (Å²) in [6.45, 7) is 1.59. The van der Waals surface area contributed by atoms with Crippen molar-refractivity contribution >= 4 is 22.8 Å². The molecule has 0 aliphatic carbocycles. The summed E-state index contributed by atoms with van der Waals surface area (Å²) in [6.07, 6.45) is 2.09. The van der Waals surface area contributed by atoms with Crippen LogP contribution in [-0.2, 0) is 0 Å². The quantitative estimate of drug-likeness (QED) is 0.454. The molecule has 3 aromatic carbocycles. The van der Waals surface area contributed by atoms with Gasteiger partial charge in [0.2, 0.25) is 0 Å². The summed E-state index contributed by atoms with van der Waals surface area (Å²) in [6, 6.07) is 19.0. The molecule has 5 nitrogen and oxygen atoms in total. The molecule has 1 fully saturated rings. The van der Waals surface area contributed by atoms with Crippen LogP contribution < -0.4 is 5.32 Å². The van der Waals surface area contributed by atoms with Crippen molar-refractivity contribution in [3.05, 3.63) is 83.7 Å². The maximum absolute atomic E-state index is 13.4. The molecule has 2 heterocycles. The number of hydrogen-bond donors (Lipinski definition) is 1. The highest BCUT2D eigenvalue weighted by atomic mass is 19.1. The molecule has 1 N–H and O–H groups in total. The van der Waals surface area contributed by atoms with Gasteiger partial charge < -0.3 is 14.6 Å². The zero-order chi connectivity index (χ0) is 22.9. The standard InChI is InChI=1S/C27H23FN2O3/c1-29-26(31)24-22-16-19(9-12-23(22)33-25(24)17-7-10-21(28)11-8-17)18-5-4-6-20(15-18)27(32)30-13-2-3-14-30/h4-12,15-16H,2-3,13-14H2,1H3,(H,29,31). The van der Waals surface area contributed by atoms with E-state index in [1.807, 2.05) is 47.4 Å². The van der Waals surface area contributed by atoms with Gasteiger partial charge in [0.1, 0.15) is 17.2 Å². The average molecular weight is 442 g/mol. The smallest absolute Gasteiger partial charge is 0.255 e. The zero-order valence-corrected chi connectivity index (χ0v) is 18.2. The Balaban J connectivity index is 1.60. The fraction of sp³-hybridized carbons (Fsp3) is 0.185. The van der Waals surface area contributed by atoms with Gasteiger partial charge in [0.15, 0.2) is 0 Å². The Labute approximate surface area is 190 Å². The summed E-state index contributed by atoms with van der Waals surface area (Å²) in [5, 5.41) is 3.33. The van der Waals surface area contributed by atoms with E-state index in [2.05, 4.69) is 5.32 Å². The van der Waals surface area contributed by atoms with Crippen molar-refractivity contribution in [2.75, 3.05) is 20.1 Å². The van der Waals surface area contributed by atoms with E-state index in [1.54, 1.807) is 19.2 Å². The van der Waals surface area contributed by atoms with Crippen LogP contribution in [0.1, 0.15) is 33.6 Å². The second-order valence-electron chi connectivity index (χ2n) is 8.18. The van der Waals surface area contributed by atoms with Gasteiger partial charge in [-0.05, 0) is 72.5 Å². The number of rotatable bonds is 4. The molecule has 6 heteroatoms. The Morgan fingerprint density at radius 3 is 2.33 bits per heavy atom. The van der Waals surface area contributed by atoms with Crippen molar-refractivity contribution in [2.45, 2.75) is 12.8 Å². The number of carbonyl (C=O) groups excluding carboxylic acids is 2.